The molecule has 0 spiro atoms. The highest BCUT2D eigenvalue weighted by Gasteiger charge is 2.06. The molecular weight excluding hydrogens is 229 g/mol. The van der Waals surface area contributed by atoms with E-state index >= 15 is 0 Å². The molecule has 1 aromatic heterocycles. The van der Waals surface area contributed by atoms with Gasteiger partial charge >= 0.3 is 0 Å². The Morgan fingerprint density at radius 2 is 2.17 bits per heavy atom. The molecule has 0 radical (unpaired) electrons. The SMILES string of the molecule is CCCNCc1cc(-c2cnn(C)c2)ccc1F. The number of aromatic nitrogens is 2. The summed E-state index contributed by atoms with van der Waals surface area (Å²) in [5, 5.41) is 7.34. The molecule has 1 aromatic carbocycles. The summed E-state index contributed by atoms with van der Waals surface area (Å²) in [4.78, 5) is 0. The fraction of sp³-hybridized carbons (Fsp3) is 0.357. The van der Waals surface area contributed by atoms with Gasteiger partial charge < -0.3 is 5.32 Å². The molecule has 1 N–H and O–H groups in total. The molecule has 0 amide bonds. The molecule has 96 valence electrons. The Morgan fingerprint density at radius 3 is 2.83 bits per heavy atom. The zero-order valence-electron chi connectivity index (χ0n) is 10.8. The molecule has 0 fully saturated rings. The number of aryl methyl sites for hydroxylation is 1. The molecule has 0 bridgehead atoms. The molecule has 0 aliphatic heterocycles. The number of halogens is 1. The Balaban J connectivity index is 2.20. The van der Waals surface area contributed by atoms with E-state index in [0.717, 1.165) is 24.1 Å². The van der Waals surface area contributed by atoms with E-state index in [9.17, 15) is 4.39 Å². The van der Waals surface area contributed by atoms with Gasteiger partial charge in [0, 0.05) is 30.9 Å². The summed E-state index contributed by atoms with van der Waals surface area (Å²) in [5.74, 6) is -0.161. The Labute approximate surface area is 107 Å². The Bertz CT molecular complexity index is 520. The first-order valence-electron chi connectivity index (χ1n) is 6.19. The van der Waals surface area contributed by atoms with Crippen LogP contribution in [0.1, 0.15) is 18.9 Å². The van der Waals surface area contributed by atoms with Gasteiger partial charge in [0.15, 0.2) is 0 Å². The molecule has 4 heteroatoms. The summed E-state index contributed by atoms with van der Waals surface area (Å²) in [7, 11) is 1.87. The van der Waals surface area contributed by atoms with Crippen molar-refractivity contribution in [2.75, 3.05) is 6.54 Å². The molecule has 0 aliphatic carbocycles. The van der Waals surface area contributed by atoms with Gasteiger partial charge in [0.05, 0.1) is 6.20 Å². The monoisotopic (exact) mass is 247 g/mol. The zero-order valence-corrected chi connectivity index (χ0v) is 10.8. The minimum Gasteiger partial charge on any atom is -0.313 e. The predicted molar refractivity (Wildman–Crippen MR) is 70.6 cm³/mol. The van der Waals surface area contributed by atoms with Gasteiger partial charge in [-0.15, -0.1) is 0 Å². The van der Waals surface area contributed by atoms with Gasteiger partial charge in [0.25, 0.3) is 0 Å². The van der Waals surface area contributed by atoms with Crippen molar-refractivity contribution in [2.45, 2.75) is 19.9 Å². The highest BCUT2D eigenvalue weighted by molar-refractivity contribution is 5.62. The quantitative estimate of drug-likeness (QED) is 0.823. The van der Waals surface area contributed by atoms with Crippen molar-refractivity contribution in [3.8, 4) is 11.1 Å². The minimum atomic E-state index is -0.161. The molecule has 0 saturated carbocycles. The number of nitrogens with zero attached hydrogens (tertiary/aromatic N) is 2. The lowest BCUT2D eigenvalue weighted by Crippen LogP contribution is -2.14. The van der Waals surface area contributed by atoms with Crippen molar-refractivity contribution in [1.29, 1.82) is 0 Å². The van der Waals surface area contributed by atoms with E-state index in [1.807, 2.05) is 19.3 Å². The summed E-state index contributed by atoms with van der Waals surface area (Å²) in [6, 6.07) is 5.19. The van der Waals surface area contributed by atoms with Gasteiger partial charge in [-0.2, -0.15) is 5.10 Å². The van der Waals surface area contributed by atoms with E-state index in [1.165, 1.54) is 6.07 Å². The van der Waals surface area contributed by atoms with Crippen molar-refractivity contribution in [3.63, 3.8) is 0 Å². The largest absolute Gasteiger partial charge is 0.313 e. The number of nitrogens with one attached hydrogen (secondary N) is 1. The first-order valence-corrected chi connectivity index (χ1v) is 6.19. The molecule has 0 saturated heterocycles. The average Bonchev–Trinajstić information content (AvgIpc) is 2.78. The van der Waals surface area contributed by atoms with Crippen LogP contribution in [0.2, 0.25) is 0 Å². The molecule has 1 heterocycles. The van der Waals surface area contributed by atoms with Gasteiger partial charge in [-0.05, 0) is 30.7 Å². The lowest BCUT2D eigenvalue weighted by atomic mass is 10.1. The molecule has 0 unspecified atom stereocenters. The highest BCUT2D eigenvalue weighted by Crippen LogP contribution is 2.21. The van der Waals surface area contributed by atoms with Crippen LogP contribution in [-0.2, 0) is 13.6 Å². The molecule has 2 aromatic rings. The fourth-order valence-corrected chi connectivity index (χ4v) is 1.86. The predicted octanol–water partition coefficient (Wildman–Crippen LogP) is 2.73. The summed E-state index contributed by atoms with van der Waals surface area (Å²) in [6.07, 6.45) is 4.76. The third-order valence-electron chi connectivity index (χ3n) is 2.83. The minimum absolute atomic E-state index is 0.161. The van der Waals surface area contributed by atoms with Crippen LogP contribution in [0, 0.1) is 5.82 Å². The maximum Gasteiger partial charge on any atom is 0.127 e. The molecule has 0 aliphatic rings. The lowest BCUT2D eigenvalue weighted by molar-refractivity contribution is 0.587. The Morgan fingerprint density at radius 1 is 1.33 bits per heavy atom. The van der Waals surface area contributed by atoms with Crippen LogP contribution in [0.25, 0.3) is 11.1 Å². The van der Waals surface area contributed by atoms with Crippen LogP contribution in [0.4, 0.5) is 4.39 Å². The zero-order chi connectivity index (χ0) is 13.0. The summed E-state index contributed by atoms with van der Waals surface area (Å²) >= 11 is 0. The standard InChI is InChI=1S/C14H18FN3/c1-3-6-16-8-12-7-11(4-5-14(12)15)13-9-17-18(2)10-13/h4-5,7,9-10,16H,3,6,8H2,1-2H3. The van der Waals surface area contributed by atoms with Crippen molar-refractivity contribution in [1.82, 2.24) is 15.1 Å². The van der Waals surface area contributed by atoms with E-state index in [0.29, 0.717) is 12.1 Å². The maximum atomic E-state index is 13.7. The van der Waals surface area contributed by atoms with Crippen LogP contribution in [0.3, 0.4) is 0 Å². The van der Waals surface area contributed by atoms with Crippen molar-refractivity contribution in [3.05, 3.63) is 42.0 Å². The van der Waals surface area contributed by atoms with Crippen molar-refractivity contribution >= 4 is 0 Å². The second kappa shape index (κ2) is 5.78. The number of hydrogen-bond acceptors (Lipinski definition) is 2. The van der Waals surface area contributed by atoms with Crippen LogP contribution >= 0.6 is 0 Å². The second-order valence-corrected chi connectivity index (χ2v) is 4.39. The van der Waals surface area contributed by atoms with Gasteiger partial charge in [0.1, 0.15) is 5.82 Å². The van der Waals surface area contributed by atoms with Gasteiger partial charge in [0.2, 0.25) is 0 Å². The molecule has 0 atom stereocenters. The molecule has 18 heavy (non-hydrogen) atoms. The van der Waals surface area contributed by atoms with E-state index in [4.69, 9.17) is 0 Å². The van der Waals surface area contributed by atoms with Gasteiger partial charge in [-0.1, -0.05) is 13.0 Å². The van der Waals surface area contributed by atoms with Crippen LogP contribution in [0.15, 0.2) is 30.6 Å². The smallest absolute Gasteiger partial charge is 0.127 e. The fourth-order valence-electron chi connectivity index (χ4n) is 1.86. The summed E-state index contributed by atoms with van der Waals surface area (Å²) in [6.45, 7) is 3.56. The average molecular weight is 247 g/mol. The molecule has 3 nitrogen and oxygen atoms in total. The van der Waals surface area contributed by atoms with Crippen molar-refractivity contribution < 1.29 is 4.39 Å². The van der Waals surface area contributed by atoms with Crippen LogP contribution in [-0.4, -0.2) is 16.3 Å². The number of rotatable bonds is 5. The molecule has 2 rings (SSSR count). The number of benzene rings is 1. The first-order chi connectivity index (χ1) is 8.70. The van der Waals surface area contributed by atoms with Gasteiger partial charge in [-0.3, -0.25) is 4.68 Å². The first kappa shape index (κ1) is 12.8. The summed E-state index contributed by atoms with van der Waals surface area (Å²) in [5.41, 5.74) is 2.71. The van der Waals surface area contributed by atoms with Crippen LogP contribution in [0.5, 0.6) is 0 Å². The second-order valence-electron chi connectivity index (χ2n) is 4.39. The highest BCUT2D eigenvalue weighted by atomic mass is 19.1. The van der Waals surface area contributed by atoms with E-state index in [2.05, 4.69) is 17.3 Å². The topological polar surface area (TPSA) is 29.9 Å². The summed E-state index contributed by atoms with van der Waals surface area (Å²) < 4.78 is 15.4. The van der Waals surface area contributed by atoms with E-state index in [-0.39, 0.29) is 5.82 Å². The van der Waals surface area contributed by atoms with Crippen LogP contribution < -0.4 is 5.32 Å². The van der Waals surface area contributed by atoms with Crippen molar-refractivity contribution in [2.24, 2.45) is 7.05 Å². The van der Waals surface area contributed by atoms with E-state index < -0.39 is 0 Å². The van der Waals surface area contributed by atoms with Gasteiger partial charge in [-0.25, -0.2) is 4.39 Å². The molecular formula is C14H18FN3. The maximum absolute atomic E-state index is 13.7. The normalized spacial score (nSPS) is 10.8. The van der Waals surface area contributed by atoms with E-state index in [1.54, 1.807) is 16.9 Å². The Kier molecular flexibility index (Phi) is 4.10. The lowest BCUT2D eigenvalue weighted by Gasteiger charge is -2.07. The number of hydrogen-bond donors (Lipinski definition) is 1. The Hall–Kier alpha value is -1.68. The third kappa shape index (κ3) is 2.96. The third-order valence-corrected chi connectivity index (χ3v) is 2.83.